The van der Waals surface area contributed by atoms with Crippen molar-refractivity contribution in [2.75, 3.05) is 6.61 Å². The van der Waals surface area contributed by atoms with E-state index in [1.165, 1.54) is 23.1 Å². The van der Waals surface area contributed by atoms with E-state index in [4.69, 9.17) is 4.74 Å². The number of benzene rings is 2. The van der Waals surface area contributed by atoms with Crippen molar-refractivity contribution in [3.05, 3.63) is 82.9 Å². The fourth-order valence-electron chi connectivity index (χ4n) is 2.54. The summed E-state index contributed by atoms with van der Waals surface area (Å²) >= 11 is 2.85. The lowest BCUT2D eigenvalue weighted by Crippen LogP contribution is -2.10. The van der Waals surface area contributed by atoms with Crippen LogP contribution in [0.25, 0.3) is 0 Å². The molecule has 0 bridgehead atoms. The Kier molecular flexibility index (Phi) is 6.79. The van der Waals surface area contributed by atoms with E-state index in [1.54, 1.807) is 6.92 Å². The van der Waals surface area contributed by atoms with Gasteiger partial charge in [0.2, 0.25) is 0 Å². The van der Waals surface area contributed by atoms with Gasteiger partial charge >= 0.3 is 5.97 Å². The highest BCUT2D eigenvalue weighted by Gasteiger charge is 2.24. The first kappa shape index (κ1) is 19.3. The molecule has 1 aromatic heterocycles. The van der Waals surface area contributed by atoms with Crippen molar-refractivity contribution < 1.29 is 14.3 Å². The van der Waals surface area contributed by atoms with Gasteiger partial charge in [0.1, 0.15) is 0 Å². The average Bonchev–Trinajstić information content (AvgIpc) is 3.14. The van der Waals surface area contributed by atoms with Gasteiger partial charge in [-0.2, -0.15) is 0 Å². The summed E-state index contributed by atoms with van der Waals surface area (Å²) in [4.78, 5) is 29.2. The lowest BCUT2D eigenvalue weighted by Gasteiger charge is -2.14. The van der Waals surface area contributed by atoms with Crippen LogP contribution in [0.2, 0.25) is 0 Å². The lowest BCUT2D eigenvalue weighted by atomic mass is 10.0. The number of hydrogen-bond acceptors (Lipinski definition) is 6. The molecule has 4 nitrogen and oxygen atoms in total. The number of ether oxygens (including phenoxy) is 1. The molecule has 0 saturated carbocycles. The molecule has 3 aromatic rings. The van der Waals surface area contributed by atoms with Gasteiger partial charge in [0.15, 0.2) is 10.1 Å². The Morgan fingerprint density at radius 3 is 2.41 bits per heavy atom. The number of ketones is 1. The first-order valence-corrected chi connectivity index (χ1v) is 10.3. The van der Waals surface area contributed by atoms with Gasteiger partial charge in [-0.15, -0.1) is 11.3 Å². The van der Waals surface area contributed by atoms with E-state index in [-0.39, 0.29) is 18.2 Å². The molecule has 138 valence electrons. The minimum atomic E-state index is -0.393. The molecule has 1 atom stereocenters. The first-order chi connectivity index (χ1) is 13.2. The summed E-state index contributed by atoms with van der Waals surface area (Å²) in [6.07, 6.45) is 0.146. The van der Waals surface area contributed by atoms with Gasteiger partial charge in [-0.05, 0) is 12.5 Å². The Balaban J connectivity index is 1.81. The lowest BCUT2D eigenvalue weighted by molar-refractivity contribution is -0.142. The fraction of sp³-hybridized carbons (Fsp3) is 0.190. The molecule has 0 spiro atoms. The first-order valence-electron chi connectivity index (χ1n) is 8.58. The number of aromatic nitrogens is 1. The van der Waals surface area contributed by atoms with Crippen LogP contribution in [-0.4, -0.2) is 23.3 Å². The molecule has 0 aliphatic heterocycles. The Bertz CT molecular complexity index is 894. The van der Waals surface area contributed by atoms with Gasteiger partial charge in [-0.25, -0.2) is 4.98 Å². The van der Waals surface area contributed by atoms with Crippen LogP contribution in [0.15, 0.2) is 70.4 Å². The molecule has 0 saturated heterocycles. The average molecular weight is 398 g/mol. The van der Waals surface area contributed by atoms with Crippen molar-refractivity contribution in [1.29, 1.82) is 0 Å². The van der Waals surface area contributed by atoms with E-state index < -0.39 is 5.25 Å². The number of rotatable bonds is 8. The third kappa shape index (κ3) is 5.28. The molecule has 0 aliphatic rings. The fourth-order valence-corrected chi connectivity index (χ4v) is 4.65. The summed E-state index contributed by atoms with van der Waals surface area (Å²) in [5.41, 5.74) is 2.26. The molecule has 0 fully saturated rings. The number of Topliss-reactive ketones (excluding diaryl/α,β-unsaturated/α-hetero) is 1. The Morgan fingerprint density at radius 1 is 1.07 bits per heavy atom. The van der Waals surface area contributed by atoms with Gasteiger partial charge < -0.3 is 4.74 Å². The van der Waals surface area contributed by atoms with E-state index in [1.807, 2.05) is 66.0 Å². The quantitative estimate of drug-likeness (QED) is 0.305. The molecule has 27 heavy (non-hydrogen) atoms. The number of hydrogen-bond donors (Lipinski definition) is 0. The minimum Gasteiger partial charge on any atom is -0.466 e. The number of carbonyl (C=O) groups is 2. The predicted octanol–water partition coefficient (Wildman–Crippen LogP) is 4.97. The van der Waals surface area contributed by atoms with Gasteiger partial charge in [-0.1, -0.05) is 72.4 Å². The molecule has 0 radical (unpaired) electrons. The summed E-state index contributed by atoms with van der Waals surface area (Å²) in [6.45, 7) is 2.13. The SMILES string of the molecule is CCOC(=O)Cc1csc(S[C@@H](C(=O)c2ccccc2)c2ccccc2)n1. The van der Waals surface area contributed by atoms with Gasteiger partial charge in [0.25, 0.3) is 0 Å². The molecule has 1 heterocycles. The summed E-state index contributed by atoms with van der Waals surface area (Å²) in [7, 11) is 0. The molecule has 0 N–H and O–H groups in total. The van der Waals surface area contributed by atoms with Crippen molar-refractivity contribution in [3.63, 3.8) is 0 Å². The van der Waals surface area contributed by atoms with E-state index in [0.29, 0.717) is 17.9 Å². The summed E-state index contributed by atoms with van der Waals surface area (Å²) in [6, 6.07) is 19.0. The highest BCUT2D eigenvalue weighted by atomic mass is 32.2. The van der Waals surface area contributed by atoms with Crippen LogP contribution < -0.4 is 0 Å². The normalized spacial score (nSPS) is 11.7. The summed E-state index contributed by atoms with van der Waals surface area (Å²) < 4.78 is 5.72. The minimum absolute atomic E-state index is 0.0361. The van der Waals surface area contributed by atoms with Crippen LogP contribution in [0.1, 0.15) is 33.8 Å². The van der Waals surface area contributed by atoms with E-state index >= 15 is 0 Å². The smallest absolute Gasteiger partial charge is 0.311 e. The Hall–Kier alpha value is -2.44. The third-order valence-electron chi connectivity index (χ3n) is 3.78. The van der Waals surface area contributed by atoms with Crippen molar-refractivity contribution in [1.82, 2.24) is 4.98 Å². The van der Waals surface area contributed by atoms with E-state index in [9.17, 15) is 9.59 Å². The monoisotopic (exact) mass is 397 g/mol. The molecule has 3 rings (SSSR count). The molecule has 0 unspecified atom stereocenters. The second kappa shape index (κ2) is 9.48. The maximum absolute atomic E-state index is 13.1. The van der Waals surface area contributed by atoms with Crippen molar-refractivity contribution >= 4 is 34.9 Å². The third-order valence-corrected chi connectivity index (χ3v) is 6.05. The van der Waals surface area contributed by atoms with Crippen molar-refractivity contribution in [2.45, 2.75) is 22.9 Å². The second-order valence-electron chi connectivity index (χ2n) is 5.73. The van der Waals surface area contributed by atoms with E-state index in [2.05, 4.69) is 4.98 Å². The Morgan fingerprint density at radius 2 is 1.74 bits per heavy atom. The van der Waals surface area contributed by atoms with Crippen LogP contribution in [0.3, 0.4) is 0 Å². The summed E-state index contributed by atoms with van der Waals surface area (Å²) in [5, 5.41) is 1.45. The largest absolute Gasteiger partial charge is 0.466 e. The molecular weight excluding hydrogens is 378 g/mol. The Labute approximate surface area is 166 Å². The van der Waals surface area contributed by atoms with Crippen molar-refractivity contribution in [2.24, 2.45) is 0 Å². The summed E-state index contributed by atoms with van der Waals surface area (Å²) in [5.74, 6) is -0.256. The maximum Gasteiger partial charge on any atom is 0.311 e. The zero-order chi connectivity index (χ0) is 19.1. The second-order valence-corrected chi connectivity index (χ2v) is 7.94. The van der Waals surface area contributed by atoms with Crippen LogP contribution in [0.4, 0.5) is 0 Å². The maximum atomic E-state index is 13.1. The zero-order valence-corrected chi connectivity index (χ0v) is 16.5. The van der Waals surface area contributed by atoms with Crippen LogP contribution in [-0.2, 0) is 16.0 Å². The predicted molar refractivity (Wildman–Crippen MR) is 108 cm³/mol. The number of thiazole rings is 1. The molecule has 0 amide bonds. The number of thioether (sulfide) groups is 1. The van der Waals surface area contributed by atoms with Crippen molar-refractivity contribution in [3.8, 4) is 0 Å². The van der Waals surface area contributed by atoms with Crippen LogP contribution in [0, 0.1) is 0 Å². The van der Waals surface area contributed by atoms with E-state index in [0.717, 1.165) is 9.90 Å². The molecule has 6 heteroatoms. The highest BCUT2D eigenvalue weighted by molar-refractivity contribution is 8.01. The van der Waals surface area contributed by atoms with Gasteiger partial charge in [0, 0.05) is 10.9 Å². The number of nitrogens with zero attached hydrogens (tertiary/aromatic N) is 1. The standard InChI is InChI=1S/C21H19NO3S2/c1-2-25-18(23)13-17-14-26-21(22-17)27-20(16-11-7-4-8-12-16)19(24)15-9-5-3-6-10-15/h3-12,14,20H,2,13H2,1H3/t20-/m1/s1. The molecule has 2 aromatic carbocycles. The van der Waals surface area contributed by atoms with Gasteiger partial charge in [-0.3, -0.25) is 9.59 Å². The number of esters is 1. The number of carbonyl (C=O) groups excluding carboxylic acids is 2. The van der Waals surface area contributed by atoms with Gasteiger partial charge in [0.05, 0.1) is 24.0 Å². The highest BCUT2D eigenvalue weighted by Crippen LogP contribution is 2.39. The molecule has 0 aliphatic carbocycles. The topological polar surface area (TPSA) is 56.3 Å². The van der Waals surface area contributed by atoms with Crippen LogP contribution in [0.5, 0.6) is 0 Å². The zero-order valence-electron chi connectivity index (χ0n) is 14.8. The molecular formula is C21H19NO3S2. The van der Waals surface area contributed by atoms with Crippen LogP contribution >= 0.6 is 23.1 Å².